The fourth-order valence-corrected chi connectivity index (χ4v) is 0. The Kier molecular flexibility index (Phi) is 14.0. The molecular formula is C6H15O2P. The molecule has 1 N–H and O–H groups in total. The van der Waals surface area contributed by atoms with Crippen LogP contribution in [0.2, 0.25) is 0 Å². The van der Waals surface area contributed by atoms with E-state index in [2.05, 4.69) is 23.1 Å². The summed E-state index contributed by atoms with van der Waals surface area (Å²) in [7, 11) is 2.09. The molecule has 1 unspecified atom stereocenters. The van der Waals surface area contributed by atoms with Crippen molar-refractivity contribution in [2.45, 2.75) is 26.7 Å². The normalized spacial score (nSPS) is 7.44. The van der Waals surface area contributed by atoms with Crippen LogP contribution in [0.4, 0.5) is 0 Å². The van der Waals surface area contributed by atoms with Crippen molar-refractivity contribution in [3.63, 3.8) is 0 Å². The molecule has 1 atom stereocenters. The zero-order valence-electron chi connectivity index (χ0n) is 6.05. The molecule has 0 rings (SSSR count). The second kappa shape index (κ2) is 10.8. The van der Waals surface area contributed by atoms with Gasteiger partial charge in [0.1, 0.15) is 0 Å². The Hall–Kier alpha value is -0.100. The van der Waals surface area contributed by atoms with E-state index in [1.165, 1.54) is 12.8 Å². The van der Waals surface area contributed by atoms with Gasteiger partial charge in [0.05, 0.1) is 6.16 Å². The molecule has 0 amide bonds. The Morgan fingerprint density at radius 1 is 1.44 bits per heavy atom. The number of carboxylic acid groups (broad SMARTS) is 1. The molecule has 0 spiro atoms. The average molecular weight is 150 g/mol. The van der Waals surface area contributed by atoms with Crippen LogP contribution in [0.3, 0.4) is 0 Å². The van der Waals surface area contributed by atoms with Crippen molar-refractivity contribution in [3.8, 4) is 0 Å². The van der Waals surface area contributed by atoms with E-state index >= 15 is 0 Å². The van der Waals surface area contributed by atoms with E-state index in [0.29, 0.717) is 0 Å². The van der Waals surface area contributed by atoms with Gasteiger partial charge < -0.3 is 5.11 Å². The van der Waals surface area contributed by atoms with Crippen LogP contribution in [0.15, 0.2) is 0 Å². The molecule has 0 saturated carbocycles. The minimum Gasteiger partial charge on any atom is -0.481 e. The predicted molar refractivity (Wildman–Crippen MR) is 42.8 cm³/mol. The fourth-order valence-electron chi connectivity index (χ4n) is 0. The molecule has 0 heterocycles. The molecule has 0 fully saturated rings. The van der Waals surface area contributed by atoms with Crippen molar-refractivity contribution in [1.82, 2.24) is 0 Å². The summed E-state index contributed by atoms with van der Waals surface area (Å²) in [5.41, 5.74) is 0. The molecule has 9 heavy (non-hydrogen) atoms. The van der Waals surface area contributed by atoms with E-state index in [4.69, 9.17) is 5.11 Å². The number of carbonyl (C=O) groups is 1. The van der Waals surface area contributed by atoms with Crippen molar-refractivity contribution in [2.75, 3.05) is 6.16 Å². The van der Waals surface area contributed by atoms with Crippen LogP contribution < -0.4 is 0 Å². The molecular weight excluding hydrogens is 135 g/mol. The zero-order chi connectivity index (χ0) is 7.70. The minimum absolute atomic E-state index is 0.139. The maximum atomic E-state index is 9.35. The lowest BCUT2D eigenvalue weighted by Gasteiger charge is -1.72. The molecule has 2 nitrogen and oxygen atoms in total. The molecule has 0 bridgehead atoms. The Balaban J connectivity index is 0. The smallest absolute Gasteiger partial charge is 0.307 e. The van der Waals surface area contributed by atoms with Crippen LogP contribution in [-0.4, -0.2) is 17.2 Å². The highest BCUT2D eigenvalue weighted by Gasteiger charge is 1.81. The fraction of sp³-hybridized carbons (Fsp3) is 0.833. The van der Waals surface area contributed by atoms with Crippen LogP contribution in [0.1, 0.15) is 26.7 Å². The molecule has 0 aromatic rings. The van der Waals surface area contributed by atoms with Crippen LogP contribution in [0, 0.1) is 0 Å². The summed E-state index contributed by atoms with van der Waals surface area (Å²) in [6, 6.07) is 0. The molecule has 0 aliphatic carbocycles. The number of hydrogen-bond donors (Lipinski definition) is 1. The first-order valence-electron chi connectivity index (χ1n) is 3.10. The molecule has 0 aliphatic heterocycles. The number of hydrogen-bond acceptors (Lipinski definition) is 1. The van der Waals surface area contributed by atoms with Gasteiger partial charge in [-0.1, -0.05) is 26.7 Å². The maximum absolute atomic E-state index is 9.35. The molecule has 3 heteroatoms. The molecule has 0 radical (unpaired) electrons. The van der Waals surface area contributed by atoms with Gasteiger partial charge in [0.15, 0.2) is 0 Å². The van der Waals surface area contributed by atoms with Gasteiger partial charge in [-0.25, -0.2) is 0 Å². The summed E-state index contributed by atoms with van der Waals surface area (Å²) in [4.78, 5) is 9.35. The average Bonchev–Trinajstić information content (AvgIpc) is 1.89. The van der Waals surface area contributed by atoms with Crippen molar-refractivity contribution in [2.24, 2.45) is 0 Å². The molecule has 0 aromatic heterocycles. The monoisotopic (exact) mass is 150 g/mol. The Morgan fingerprint density at radius 2 is 1.67 bits per heavy atom. The Bertz CT molecular complexity index is 62.1. The lowest BCUT2D eigenvalue weighted by molar-refractivity contribution is -0.133. The lowest BCUT2D eigenvalue weighted by atomic mass is 10.4. The first kappa shape index (κ1) is 11.7. The summed E-state index contributed by atoms with van der Waals surface area (Å²) in [6.07, 6.45) is 2.78. The third kappa shape index (κ3) is 32.7. The highest BCUT2D eigenvalue weighted by atomic mass is 31.0. The van der Waals surface area contributed by atoms with Crippen molar-refractivity contribution in [3.05, 3.63) is 0 Å². The topological polar surface area (TPSA) is 37.3 Å². The Morgan fingerprint density at radius 3 is 1.67 bits per heavy atom. The van der Waals surface area contributed by atoms with E-state index in [-0.39, 0.29) is 6.16 Å². The van der Waals surface area contributed by atoms with Gasteiger partial charge in [-0.3, -0.25) is 4.79 Å². The van der Waals surface area contributed by atoms with E-state index in [1.54, 1.807) is 0 Å². The van der Waals surface area contributed by atoms with Gasteiger partial charge in [-0.2, -0.15) is 0 Å². The van der Waals surface area contributed by atoms with Gasteiger partial charge in [0, 0.05) is 0 Å². The summed E-state index contributed by atoms with van der Waals surface area (Å²) in [5, 5.41) is 7.70. The summed E-state index contributed by atoms with van der Waals surface area (Å²) >= 11 is 0. The third-order valence-corrected chi connectivity index (χ3v) is 1.02. The third-order valence-electron chi connectivity index (χ3n) is 0.675. The molecule has 56 valence electrons. The molecule has 0 aliphatic rings. The summed E-state index contributed by atoms with van der Waals surface area (Å²) in [5.74, 6) is -0.782. The summed E-state index contributed by atoms with van der Waals surface area (Å²) in [6.45, 7) is 4.36. The lowest BCUT2D eigenvalue weighted by Crippen LogP contribution is -1.92. The van der Waals surface area contributed by atoms with Crippen molar-refractivity contribution >= 4 is 15.2 Å². The van der Waals surface area contributed by atoms with Crippen molar-refractivity contribution in [1.29, 1.82) is 0 Å². The van der Waals surface area contributed by atoms with E-state index in [0.717, 1.165) is 0 Å². The molecule has 0 saturated heterocycles. The Labute approximate surface area is 58.9 Å². The number of carboxylic acids is 1. The first-order valence-corrected chi connectivity index (χ1v) is 3.92. The van der Waals surface area contributed by atoms with Gasteiger partial charge in [0.2, 0.25) is 0 Å². The van der Waals surface area contributed by atoms with Crippen LogP contribution >= 0.6 is 9.24 Å². The van der Waals surface area contributed by atoms with Crippen LogP contribution in [0.5, 0.6) is 0 Å². The minimum atomic E-state index is -0.782. The maximum Gasteiger partial charge on any atom is 0.307 e. The quantitative estimate of drug-likeness (QED) is 0.609. The SMILES string of the molecule is CCCC.O=C(O)CP. The predicted octanol–water partition coefficient (Wildman–Crippen LogP) is 1.75. The van der Waals surface area contributed by atoms with Gasteiger partial charge >= 0.3 is 5.97 Å². The van der Waals surface area contributed by atoms with Gasteiger partial charge in [-0.15, -0.1) is 9.24 Å². The number of aliphatic carboxylic acids is 1. The summed E-state index contributed by atoms with van der Waals surface area (Å²) < 4.78 is 0. The second-order valence-electron chi connectivity index (χ2n) is 1.60. The van der Waals surface area contributed by atoms with Crippen molar-refractivity contribution < 1.29 is 9.90 Å². The van der Waals surface area contributed by atoms with Gasteiger partial charge in [-0.05, 0) is 0 Å². The first-order chi connectivity index (χ1) is 4.18. The number of rotatable bonds is 2. The molecule has 0 aromatic carbocycles. The number of unbranched alkanes of at least 4 members (excludes halogenated alkanes) is 1. The largest absolute Gasteiger partial charge is 0.481 e. The highest BCUT2D eigenvalue weighted by molar-refractivity contribution is 7.18. The van der Waals surface area contributed by atoms with E-state index in [9.17, 15) is 4.79 Å². The van der Waals surface area contributed by atoms with Crippen LogP contribution in [-0.2, 0) is 4.79 Å². The van der Waals surface area contributed by atoms with Gasteiger partial charge in [0.25, 0.3) is 0 Å². The standard InChI is InChI=1S/C4H10.C2H5O2P/c1-3-4-2;3-2(4)1-5/h3-4H2,1-2H3;1,5H2,(H,3,4). The van der Waals surface area contributed by atoms with E-state index < -0.39 is 5.97 Å². The zero-order valence-corrected chi connectivity index (χ0v) is 7.21. The van der Waals surface area contributed by atoms with Crippen LogP contribution in [0.25, 0.3) is 0 Å². The second-order valence-corrected chi connectivity index (χ2v) is 2.01. The highest BCUT2D eigenvalue weighted by Crippen LogP contribution is 1.76. The van der Waals surface area contributed by atoms with E-state index in [1.807, 2.05) is 0 Å².